The predicted molar refractivity (Wildman–Crippen MR) is 124 cm³/mol. The van der Waals surface area contributed by atoms with Gasteiger partial charge in [-0.3, -0.25) is 9.59 Å². The third-order valence-corrected chi connectivity index (χ3v) is 8.71. The first kappa shape index (κ1) is 24.0. The van der Waals surface area contributed by atoms with Crippen molar-refractivity contribution >= 4 is 27.4 Å². The highest BCUT2D eigenvalue weighted by Gasteiger charge is 2.54. The van der Waals surface area contributed by atoms with Crippen molar-refractivity contribution in [3.63, 3.8) is 0 Å². The summed E-state index contributed by atoms with van der Waals surface area (Å²) in [5.41, 5.74) is 2.52. The maximum Gasteiger partial charge on any atom is 0.328 e. The van der Waals surface area contributed by atoms with Crippen molar-refractivity contribution in [1.29, 1.82) is 0 Å². The van der Waals surface area contributed by atoms with Gasteiger partial charge in [0.15, 0.2) is 21.2 Å². The number of sulfone groups is 1. The Bertz CT molecular complexity index is 1090. The van der Waals surface area contributed by atoms with Crippen LogP contribution in [0.4, 0.5) is 5.69 Å². The SMILES string of the molecule is Cc1ccc(S(=O)(=O)C2(C(=O)OCC(=O)N(c3ccccc3)C(C)C)CCCC2)cc1C. The van der Waals surface area contributed by atoms with E-state index in [1.807, 2.05) is 58.0 Å². The van der Waals surface area contributed by atoms with Crippen molar-refractivity contribution in [2.45, 2.75) is 69.1 Å². The number of aryl methyl sites for hydroxylation is 2. The molecule has 0 bridgehead atoms. The Morgan fingerprint density at radius 1 is 1.00 bits per heavy atom. The van der Waals surface area contributed by atoms with E-state index in [9.17, 15) is 18.0 Å². The number of carbonyl (C=O) groups is 2. The fourth-order valence-electron chi connectivity index (χ4n) is 4.28. The molecule has 1 saturated carbocycles. The van der Waals surface area contributed by atoms with E-state index in [4.69, 9.17) is 4.74 Å². The quantitative estimate of drug-likeness (QED) is 0.577. The topological polar surface area (TPSA) is 80.7 Å². The molecule has 0 aliphatic heterocycles. The van der Waals surface area contributed by atoms with Crippen molar-refractivity contribution < 1.29 is 22.7 Å². The van der Waals surface area contributed by atoms with Gasteiger partial charge in [-0.25, -0.2) is 8.42 Å². The van der Waals surface area contributed by atoms with Gasteiger partial charge < -0.3 is 9.64 Å². The molecule has 0 unspecified atom stereocenters. The van der Waals surface area contributed by atoms with Gasteiger partial charge in [-0.15, -0.1) is 0 Å². The summed E-state index contributed by atoms with van der Waals surface area (Å²) >= 11 is 0. The number of benzene rings is 2. The van der Waals surface area contributed by atoms with E-state index in [1.165, 1.54) is 0 Å². The summed E-state index contributed by atoms with van der Waals surface area (Å²) in [6.45, 7) is 6.99. The first-order valence-electron chi connectivity index (χ1n) is 11.0. The molecule has 32 heavy (non-hydrogen) atoms. The Morgan fingerprint density at radius 3 is 2.19 bits per heavy atom. The van der Waals surface area contributed by atoms with Gasteiger partial charge in [0.1, 0.15) is 0 Å². The fraction of sp³-hybridized carbons (Fsp3) is 0.440. The van der Waals surface area contributed by atoms with Gasteiger partial charge >= 0.3 is 5.97 Å². The van der Waals surface area contributed by atoms with Crippen molar-refractivity contribution in [1.82, 2.24) is 0 Å². The van der Waals surface area contributed by atoms with Crippen LogP contribution in [0.15, 0.2) is 53.4 Å². The lowest BCUT2D eigenvalue weighted by molar-refractivity contribution is -0.150. The molecule has 1 amide bonds. The summed E-state index contributed by atoms with van der Waals surface area (Å²) < 4.78 is 30.9. The van der Waals surface area contributed by atoms with Crippen molar-refractivity contribution in [3.05, 3.63) is 59.7 Å². The zero-order valence-corrected chi connectivity index (χ0v) is 19.9. The van der Waals surface area contributed by atoms with Crippen LogP contribution in [-0.2, 0) is 24.2 Å². The largest absolute Gasteiger partial charge is 0.454 e. The van der Waals surface area contributed by atoms with Gasteiger partial charge in [0, 0.05) is 11.7 Å². The molecular weight excluding hydrogens is 426 g/mol. The van der Waals surface area contributed by atoms with Crippen molar-refractivity contribution in [3.8, 4) is 0 Å². The molecule has 7 heteroatoms. The van der Waals surface area contributed by atoms with Crippen LogP contribution >= 0.6 is 0 Å². The average molecular weight is 458 g/mol. The van der Waals surface area contributed by atoms with Crippen LogP contribution < -0.4 is 4.90 Å². The maximum absolute atomic E-state index is 13.6. The highest BCUT2D eigenvalue weighted by atomic mass is 32.2. The molecule has 0 aromatic heterocycles. The first-order chi connectivity index (χ1) is 15.1. The summed E-state index contributed by atoms with van der Waals surface area (Å²) in [5, 5.41) is 0. The summed E-state index contributed by atoms with van der Waals surface area (Å²) in [6.07, 6.45) is 1.63. The number of rotatable bonds is 7. The van der Waals surface area contributed by atoms with Gasteiger partial charge in [-0.2, -0.15) is 0 Å². The van der Waals surface area contributed by atoms with E-state index in [0.717, 1.165) is 11.1 Å². The Balaban J connectivity index is 1.84. The van der Waals surface area contributed by atoms with Crippen LogP contribution in [0.3, 0.4) is 0 Å². The zero-order chi connectivity index (χ0) is 23.5. The van der Waals surface area contributed by atoms with Gasteiger partial charge in [-0.05, 0) is 75.9 Å². The second kappa shape index (κ2) is 9.45. The number of ether oxygens (including phenoxy) is 1. The standard InChI is InChI=1S/C25H31NO5S/c1-18(2)26(21-10-6-5-7-11-21)23(27)17-31-24(28)25(14-8-9-15-25)32(29,30)22-13-12-19(3)20(4)16-22/h5-7,10-13,16,18H,8-9,14-15,17H2,1-4H3. The summed E-state index contributed by atoms with van der Waals surface area (Å²) in [6, 6.07) is 13.9. The Labute approximate surface area is 190 Å². The third kappa shape index (κ3) is 4.44. The molecule has 1 aliphatic carbocycles. The number of nitrogens with zero attached hydrogens (tertiary/aromatic N) is 1. The lowest BCUT2D eigenvalue weighted by atomic mass is 10.1. The molecule has 1 fully saturated rings. The van der Waals surface area contributed by atoms with Crippen LogP contribution in [0, 0.1) is 13.8 Å². The minimum absolute atomic E-state index is 0.124. The number of hydrogen-bond donors (Lipinski definition) is 0. The summed E-state index contributed by atoms with van der Waals surface area (Å²) in [5.74, 6) is -1.23. The maximum atomic E-state index is 13.6. The number of para-hydroxylation sites is 1. The number of hydrogen-bond acceptors (Lipinski definition) is 5. The smallest absolute Gasteiger partial charge is 0.328 e. The van der Waals surface area contributed by atoms with Crippen LogP contribution in [0.5, 0.6) is 0 Å². The first-order valence-corrected chi connectivity index (χ1v) is 12.4. The third-order valence-electron chi connectivity index (χ3n) is 6.23. The van der Waals surface area contributed by atoms with Crippen LogP contribution in [0.2, 0.25) is 0 Å². The highest BCUT2D eigenvalue weighted by molar-refractivity contribution is 7.93. The predicted octanol–water partition coefficient (Wildman–Crippen LogP) is 4.37. The normalized spacial score (nSPS) is 15.5. The van der Waals surface area contributed by atoms with Gasteiger partial charge in [0.2, 0.25) is 0 Å². The molecule has 1 aliphatic rings. The fourth-order valence-corrected chi connectivity index (χ4v) is 6.42. The molecule has 172 valence electrons. The lowest BCUT2D eigenvalue weighted by Gasteiger charge is -2.29. The Morgan fingerprint density at radius 2 is 1.62 bits per heavy atom. The molecule has 0 spiro atoms. The molecule has 0 N–H and O–H groups in total. The minimum Gasteiger partial charge on any atom is -0.454 e. The van der Waals surface area contributed by atoms with E-state index < -0.39 is 33.1 Å². The van der Waals surface area contributed by atoms with Gasteiger partial charge in [-0.1, -0.05) is 37.1 Å². The number of anilines is 1. The highest BCUT2D eigenvalue weighted by Crippen LogP contribution is 2.42. The average Bonchev–Trinajstić information content (AvgIpc) is 3.26. The van der Waals surface area contributed by atoms with Crippen molar-refractivity contribution in [2.24, 2.45) is 0 Å². The summed E-state index contributed by atoms with van der Waals surface area (Å²) in [4.78, 5) is 27.8. The van der Waals surface area contributed by atoms with Gasteiger partial charge in [0.05, 0.1) is 4.90 Å². The molecule has 0 radical (unpaired) electrons. The van der Waals surface area contributed by atoms with Crippen LogP contribution in [0.25, 0.3) is 0 Å². The second-order valence-electron chi connectivity index (χ2n) is 8.72. The van der Waals surface area contributed by atoms with E-state index in [2.05, 4.69) is 0 Å². The van der Waals surface area contributed by atoms with E-state index in [0.29, 0.717) is 18.5 Å². The van der Waals surface area contributed by atoms with E-state index in [1.54, 1.807) is 23.1 Å². The molecule has 3 rings (SSSR count). The number of carbonyl (C=O) groups excluding carboxylic acids is 2. The van der Waals surface area contributed by atoms with Crippen LogP contribution in [0.1, 0.15) is 50.7 Å². The Kier molecular flexibility index (Phi) is 7.08. The van der Waals surface area contributed by atoms with Crippen molar-refractivity contribution in [2.75, 3.05) is 11.5 Å². The summed E-state index contributed by atoms with van der Waals surface area (Å²) in [7, 11) is -3.97. The minimum atomic E-state index is -3.97. The molecule has 6 nitrogen and oxygen atoms in total. The number of amides is 1. The molecular formula is C25H31NO5S. The van der Waals surface area contributed by atoms with Gasteiger partial charge in [0.25, 0.3) is 5.91 Å². The van der Waals surface area contributed by atoms with E-state index in [-0.39, 0.29) is 23.8 Å². The second-order valence-corrected chi connectivity index (χ2v) is 11.0. The molecule has 0 heterocycles. The van der Waals surface area contributed by atoms with E-state index >= 15 is 0 Å². The number of esters is 1. The lowest BCUT2D eigenvalue weighted by Crippen LogP contribution is -2.47. The monoisotopic (exact) mass is 457 g/mol. The van der Waals surface area contributed by atoms with Crippen LogP contribution in [-0.4, -0.2) is 37.7 Å². The molecule has 2 aromatic rings. The molecule has 0 atom stereocenters. The molecule has 0 saturated heterocycles. The zero-order valence-electron chi connectivity index (χ0n) is 19.1. The molecule has 2 aromatic carbocycles. The Hall–Kier alpha value is -2.67.